The SMILES string of the molecule is OC(Cc1cc(F)ccc1Br)c1cc2sccc2s1. The first-order chi connectivity index (χ1) is 9.13. The first-order valence-corrected chi connectivity index (χ1v) is 8.21. The van der Waals surface area contributed by atoms with E-state index in [4.69, 9.17) is 0 Å². The van der Waals surface area contributed by atoms with E-state index in [1.807, 2.05) is 11.4 Å². The van der Waals surface area contributed by atoms with E-state index in [0.29, 0.717) is 6.42 Å². The Hall–Kier alpha value is -0.750. The topological polar surface area (TPSA) is 20.2 Å². The minimum atomic E-state index is -0.595. The fourth-order valence-electron chi connectivity index (χ4n) is 1.96. The van der Waals surface area contributed by atoms with Crippen molar-refractivity contribution in [2.24, 2.45) is 0 Å². The Balaban J connectivity index is 1.86. The van der Waals surface area contributed by atoms with Crippen LogP contribution in [0.15, 0.2) is 40.2 Å². The zero-order valence-corrected chi connectivity index (χ0v) is 13.0. The summed E-state index contributed by atoms with van der Waals surface area (Å²) in [6.07, 6.45) is -0.186. The maximum absolute atomic E-state index is 13.2. The summed E-state index contributed by atoms with van der Waals surface area (Å²) in [4.78, 5) is 0.929. The normalized spacial score (nSPS) is 13.0. The smallest absolute Gasteiger partial charge is 0.123 e. The molecule has 19 heavy (non-hydrogen) atoms. The van der Waals surface area contributed by atoms with Crippen LogP contribution in [0.2, 0.25) is 0 Å². The van der Waals surface area contributed by atoms with E-state index in [9.17, 15) is 9.50 Å². The predicted octanol–water partition coefficient (Wildman–Crippen LogP) is 5.14. The predicted molar refractivity (Wildman–Crippen MR) is 82.5 cm³/mol. The summed E-state index contributed by atoms with van der Waals surface area (Å²) in [5, 5.41) is 12.3. The highest BCUT2D eigenvalue weighted by Crippen LogP contribution is 2.35. The van der Waals surface area contributed by atoms with Crippen molar-refractivity contribution in [3.63, 3.8) is 0 Å². The number of halogens is 2. The van der Waals surface area contributed by atoms with Crippen LogP contribution in [0.1, 0.15) is 16.5 Å². The Morgan fingerprint density at radius 2 is 2.05 bits per heavy atom. The number of fused-ring (bicyclic) bond motifs is 1. The van der Waals surface area contributed by atoms with Crippen LogP contribution >= 0.6 is 38.6 Å². The van der Waals surface area contributed by atoms with E-state index >= 15 is 0 Å². The lowest BCUT2D eigenvalue weighted by Gasteiger charge is -2.10. The van der Waals surface area contributed by atoms with Crippen LogP contribution in [-0.4, -0.2) is 5.11 Å². The second-order valence-electron chi connectivity index (χ2n) is 4.25. The molecule has 0 fully saturated rings. The first kappa shape index (κ1) is 13.2. The maximum atomic E-state index is 13.2. The number of benzene rings is 1. The molecule has 1 N–H and O–H groups in total. The van der Waals surface area contributed by atoms with Crippen molar-refractivity contribution in [2.45, 2.75) is 12.5 Å². The highest BCUT2D eigenvalue weighted by atomic mass is 79.9. The monoisotopic (exact) mass is 356 g/mol. The molecule has 0 radical (unpaired) electrons. The molecule has 0 spiro atoms. The van der Waals surface area contributed by atoms with Crippen LogP contribution < -0.4 is 0 Å². The fourth-order valence-corrected chi connectivity index (χ4v) is 4.47. The molecular formula is C14H10BrFOS2. The Morgan fingerprint density at radius 1 is 1.21 bits per heavy atom. The largest absolute Gasteiger partial charge is 0.387 e. The number of rotatable bonds is 3. The van der Waals surface area contributed by atoms with Crippen LogP contribution in [0.5, 0.6) is 0 Å². The molecule has 3 aromatic rings. The zero-order valence-electron chi connectivity index (χ0n) is 9.77. The molecule has 2 heterocycles. The maximum Gasteiger partial charge on any atom is 0.123 e. The Morgan fingerprint density at radius 3 is 2.84 bits per heavy atom. The van der Waals surface area contributed by atoms with E-state index in [0.717, 1.165) is 14.9 Å². The van der Waals surface area contributed by atoms with Crippen LogP contribution in [-0.2, 0) is 6.42 Å². The molecule has 5 heteroatoms. The van der Waals surface area contributed by atoms with Crippen molar-refractivity contribution in [3.05, 3.63) is 56.4 Å². The van der Waals surface area contributed by atoms with Gasteiger partial charge in [0.25, 0.3) is 0 Å². The van der Waals surface area contributed by atoms with Crippen LogP contribution in [0.3, 0.4) is 0 Å². The Bertz CT molecular complexity index is 691. The second-order valence-corrected chi connectivity index (χ2v) is 7.17. The van der Waals surface area contributed by atoms with E-state index in [1.165, 1.54) is 21.5 Å². The summed E-state index contributed by atoms with van der Waals surface area (Å²) in [6, 6.07) is 8.61. The van der Waals surface area contributed by atoms with Crippen molar-refractivity contribution in [3.8, 4) is 0 Å². The van der Waals surface area contributed by atoms with Gasteiger partial charge in [0.2, 0.25) is 0 Å². The van der Waals surface area contributed by atoms with Gasteiger partial charge in [-0.1, -0.05) is 15.9 Å². The van der Waals surface area contributed by atoms with Gasteiger partial charge < -0.3 is 5.11 Å². The summed E-state index contributed by atoms with van der Waals surface area (Å²) in [7, 11) is 0. The van der Waals surface area contributed by atoms with Crippen molar-refractivity contribution < 1.29 is 9.50 Å². The van der Waals surface area contributed by atoms with Gasteiger partial charge in [-0.3, -0.25) is 0 Å². The highest BCUT2D eigenvalue weighted by molar-refractivity contribution is 9.10. The standard InChI is InChI=1S/C14H10BrFOS2/c15-10-2-1-9(16)5-8(10)6-11(17)13-7-14-12(19-13)3-4-18-14/h1-5,7,11,17H,6H2. The number of hydrogen-bond donors (Lipinski definition) is 1. The van der Waals surface area contributed by atoms with Crippen LogP contribution in [0, 0.1) is 5.82 Å². The van der Waals surface area contributed by atoms with Crippen LogP contribution in [0.25, 0.3) is 9.40 Å². The van der Waals surface area contributed by atoms with Gasteiger partial charge in [-0.15, -0.1) is 22.7 Å². The number of thiophene rings is 2. The highest BCUT2D eigenvalue weighted by Gasteiger charge is 2.14. The molecule has 0 amide bonds. The lowest BCUT2D eigenvalue weighted by molar-refractivity contribution is 0.182. The summed E-state index contributed by atoms with van der Waals surface area (Å²) >= 11 is 6.65. The van der Waals surface area contributed by atoms with Crippen molar-refractivity contribution in [2.75, 3.05) is 0 Å². The van der Waals surface area contributed by atoms with Gasteiger partial charge >= 0.3 is 0 Å². The molecule has 0 aliphatic rings. The summed E-state index contributed by atoms with van der Waals surface area (Å²) in [5.41, 5.74) is 0.782. The minimum Gasteiger partial charge on any atom is -0.387 e. The Labute approximate surface area is 126 Å². The number of aliphatic hydroxyl groups excluding tert-OH is 1. The lowest BCUT2D eigenvalue weighted by atomic mass is 10.1. The zero-order chi connectivity index (χ0) is 13.4. The molecule has 3 rings (SSSR count). The summed E-state index contributed by atoms with van der Waals surface area (Å²) in [6.45, 7) is 0. The Kier molecular flexibility index (Phi) is 3.71. The fraction of sp³-hybridized carbons (Fsp3) is 0.143. The molecular weight excluding hydrogens is 347 g/mol. The summed E-state index contributed by atoms with van der Waals surface area (Å²) in [5.74, 6) is -0.280. The van der Waals surface area contributed by atoms with Crippen LogP contribution in [0.4, 0.5) is 4.39 Å². The third kappa shape index (κ3) is 2.74. The lowest BCUT2D eigenvalue weighted by Crippen LogP contribution is -2.00. The van der Waals surface area contributed by atoms with Gasteiger partial charge in [0.1, 0.15) is 5.82 Å². The van der Waals surface area contributed by atoms with Gasteiger partial charge in [0.15, 0.2) is 0 Å². The summed E-state index contributed by atoms with van der Waals surface area (Å²) < 4.78 is 16.4. The van der Waals surface area contributed by atoms with E-state index < -0.39 is 6.10 Å². The molecule has 0 saturated carbocycles. The molecule has 2 aromatic heterocycles. The van der Waals surface area contributed by atoms with Gasteiger partial charge in [-0.25, -0.2) is 4.39 Å². The van der Waals surface area contributed by atoms with E-state index in [1.54, 1.807) is 28.7 Å². The molecule has 0 bridgehead atoms. The van der Waals surface area contributed by atoms with Crippen molar-refractivity contribution in [1.82, 2.24) is 0 Å². The first-order valence-electron chi connectivity index (χ1n) is 5.72. The number of aliphatic hydroxyl groups is 1. The van der Waals surface area contributed by atoms with E-state index in [2.05, 4.69) is 22.0 Å². The second kappa shape index (κ2) is 5.32. The van der Waals surface area contributed by atoms with Gasteiger partial charge in [0, 0.05) is 25.2 Å². The van der Waals surface area contributed by atoms with Gasteiger partial charge in [0.05, 0.1) is 6.10 Å². The molecule has 1 atom stereocenters. The average Bonchev–Trinajstić information content (AvgIpc) is 2.94. The van der Waals surface area contributed by atoms with Crippen molar-refractivity contribution >= 4 is 48.0 Å². The van der Waals surface area contributed by atoms with Crippen molar-refractivity contribution in [1.29, 1.82) is 0 Å². The quantitative estimate of drug-likeness (QED) is 0.688. The molecule has 98 valence electrons. The molecule has 0 aliphatic carbocycles. The average molecular weight is 357 g/mol. The number of hydrogen-bond acceptors (Lipinski definition) is 3. The third-order valence-electron chi connectivity index (χ3n) is 2.91. The minimum absolute atomic E-state index is 0.280. The molecule has 1 nitrogen and oxygen atoms in total. The molecule has 1 unspecified atom stereocenters. The molecule has 0 aliphatic heterocycles. The van der Waals surface area contributed by atoms with Gasteiger partial charge in [-0.05, 0) is 41.3 Å². The van der Waals surface area contributed by atoms with E-state index in [-0.39, 0.29) is 5.82 Å². The van der Waals surface area contributed by atoms with Gasteiger partial charge in [-0.2, -0.15) is 0 Å². The molecule has 0 saturated heterocycles. The third-order valence-corrected chi connectivity index (χ3v) is 5.88. The molecule has 1 aromatic carbocycles.